The van der Waals surface area contributed by atoms with Gasteiger partial charge in [0, 0.05) is 25.1 Å². The third-order valence-corrected chi connectivity index (χ3v) is 4.48. The topological polar surface area (TPSA) is 43.8 Å². The first-order chi connectivity index (χ1) is 9.74. The number of hydrogen-bond donors (Lipinski definition) is 1. The van der Waals surface area contributed by atoms with Crippen LogP contribution in [0.1, 0.15) is 30.8 Å². The Morgan fingerprint density at radius 2 is 1.86 bits per heavy atom. The van der Waals surface area contributed by atoms with Crippen LogP contribution in [0.5, 0.6) is 0 Å². The van der Waals surface area contributed by atoms with E-state index in [2.05, 4.69) is 21.0 Å². The molecule has 0 bridgehead atoms. The van der Waals surface area contributed by atoms with Crippen molar-refractivity contribution >= 4 is 15.9 Å². The Hall–Kier alpha value is -1.27. The summed E-state index contributed by atoms with van der Waals surface area (Å²) in [5.74, 6) is -1.25. The van der Waals surface area contributed by atoms with E-state index < -0.39 is 17.2 Å². The molecule has 0 aliphatic carbocycles. The summed E-state index contributed by atoms with van der Waals surface area (Å²) in [6.07, 6.45) is 1.21. The molecule has 0 fully saturated rings. The SMILES string of the molecule is CCc1nn(C)c(CC(C)(N)c2cc(F)cc(F)c2)c1Br. The van der Waals surface area contributed by atoms with Crippen LogP contribution in [0.15, 0.2) is 22.7 Å². The van der Waals surface area contributed by atoms with Gasteiger partial charge in [-0.2, -0.15) is 5.10 Å². The second kappa shape index (κ2) is 5.85. The molecule has 3 nitrogen and oxygen atoms in total. The van der Waals surface area contributed by atoms with E-state index in [1.165, 1.54) is 12.1 Å². The summed E-state index contributed by atoms with van der Waals surface area (Å²) in [7, 11) is 1.83. The number of rotatable bonds is 4. The predicted octanol–water partition coefficient (Wildman–Crippen LogP) is 3.44. The first-order valence-corrected chi connectivity index (χ1v) is 7.49. The summed E-state index contributed by atoms with van der Waals surface area (Å²) >= 11 is 3.53. The summed E-state index contributed by atoms with van der Waals surface area (Å²) in [6.45, 7) is 3.77. The lowest BCUT2D eigenvalue weighted by Crippen LogP contribution is -2.36. The molecule has 0 spiro atoms. The van der Waals surface area contributed by atoms with E-state index in [0.29, 0.717) is 12.0 Å². The molecule has 0 radical (unpaired) electrons. The molecule has 0 amide bonds. The monoisotopic (exact) mass is 357 g/mol. The van der Waals surface area contributed by atoms with E-state index in [4.69, 9.17) is 5.73 Å². The number of aromatic nitrogens is 2. The zero-order valence-corrected chi connectivity index (χ0v) is 13.8. The molecule has 1 aromatic heterocycles. The highest BCUT2D eigenvalue weighted by atomic mass is 79.9. The number of halogens is 3. The summed E-state index contributed by atoms with van der Waals surface area (Å²) in [5, 5.41) is 4.41. The first-order valence-electron chi connectivity index (χ1n) is 6.70. The maximum atomic E-state index is 13.4. The van der Waals surface area contributed by atoms with Crippen molar-refractivity contribution in [2.45, 2.75) is 32.2 Å². The Morgan fingerprint density at radius 1 is 1.29 bits per heavy atom. The standard InChI is InChI=1S/C15H18BrF2N3/c1-4-12-14(16)13(21(3)20-12)8-15(2,19)9-5-10(17)7-11(18)6-9/h5-7H,4,8,19H2,1-3H3. The molecule has 0 aliphatic heterocycles. The lowest BCUT2D eigenvalue weighted by molar-refractivity contribution is 0.461. The van der Waals surface area contributed by atoms with Crippen molar-refractivity contribution in [3.8, 4) is 0 Å². The normalized spacial score (nSPS) is 14.2. The van der Waals surface area contributed by atoms with Crippen molar-refractivity contribution in [3.63, 3.8) is 0 Å². The minimum Gasteiger partial charge on any atom is -0.321 e. The number of hydrogen-bond acceptors (Lipinski definition) is 2. The van der Waals surface area contributed by atoms with Crippen molar-refractivity contribution in [1.82, 2.24) is 9.78 Å². The molecule has 1 heterocycles. The zero-order valence-electron chi connectivity index (χ0n) is 12.3. The van der Waals surface area contributed by atoms with Gasteiger partial charge in [0.25, 0.3) is 0 Å². The number of aryl methyl sites for hydroxylation is 2. The first kappa shape index (κ1) is 16.1. The summed E-state index contributed by atoms with van der Waals surface area (Å²) < 4.78 is 29.4. The van der Waals surface area contributed by atoms with Crippen LogP contribution in [0, 0.1) is 11.6 Å². The maximum absolute atomic E-state index is 13.4. The average molecular weight is 358 g/mol. The molecule has 2 rings (SSSR count). The molecule has 0 saturated heterocycles. The molecule has 114 valence electrons. The Morgan fingerprint density at radius 3 is 2.33 bits per heavy atom. The molecule has 0 aliphatic rings. The van der Waals surface area contributed by atoms with Crippen LogP contribution in [0.2, 0.25) is 0 Å². The Balaban J connectivity index is 2.39. The highest BCUT2D eigenvalue weighted by molar-refractivity contribution is 9.10. The van der Waals surface area contributed by atoms with Crippen LogP contribution >= 0.6 is 15.9 Å². The number of nitrogens with two attached hydrogens (primary N) is 1. The van der Waals surface area contributed by atoms with E-state index in [0.717, 1.165) is 28.3 Å². The smallest absolute Gasteiger partial charge is 0.126 e. The van der Waals surface area contributed by atoms with Gasteiger partial charge in [0.15, 0.2) is 0 Å². The van der Waals surface area contributed by atoms with Crippen molar-refractivity contribution in [2.75, 3.05) is 0 Å². The predicted molar refractivity (Wildman–Crippen MR) is 81.9 cm³/mol. The van der Waals surface area contributed by atoms with E-state index in [-0.39, 0.29) is 0 Å². The molecular weight excluding hydrogens is 340 g/mol. The van der Waals surface area contributed by atoms with Gasteiger partial charge >= 0.3 is 0 Å². The molecule has 2 aromatic rings. The summed E-state index contributed by atoms with van der Waals surface area (Å²) in [5.41, 5.74) is 7.67. The Kier molecular flexibility index (Phi) is 4.49. The minimum atomic E-state index is -0.899. The van der Waals surface area contributed by atoms with Crippen LogP contribution in [0.4, 0.5) is 8.78 Å². The Bertz CT molecular complexity index is 645. The van der Waals surface area contributed by atoms with Gasteiger partial charge in [0.1, 0.15) is 11.6 Å². The van der Waals surface area contributed by atoms with Crippen LogP contribution in [-0.4, -0.2) is 9.78 Å². The fourth-order valence-electron chi connectivity index (χ4n) is 2.35. The van der Waals surface area contributed by atoms with Gasteiger partial charge in [-0.15, -0.1) is 0 Å². The van der Waals surface area contributed by atoms with E-state index in [1.54, 1.807) is 11.6 Å². The highest BCUT2D eigenvalue weighted by Crippen LogP contribution is 2.29. The van der Waals surface area contributed by atoms with Crippen molar-refractivity contribution in [3.05, 3.63) is 51.3 Å². The number of nitrogens with zero attached hydrogens (tertiary/aromatic N) is 2. The lowest BCUT2D eigenvalue weighted by Gasteiger charge is -2.25. The number of benzene rings is 1. The molecule has 21 heavy (non-hydrogen) atoms. The van der Waals surface area contributed by atoms with Crippen LogP contribution in [0.3, 0.4) is 0 Å². The summed E-state index contributed by atoms with van der Waals surface area (Å²) in [6, 6.07) is 3.39. The van der Waals surface area contributed by atoms with Crippen molar-refractivity contribution < 1.29 is 8.78 Å². The molecular formula is C15H18BrF2N3. The molecule has 1 atom stereocenters. The van der Waals surface area contributed by atoms with E-state index in [1.807, 2.05) is 14.0 Å². The third-order valence-electron chi connectivity index (χ3n) is 3.56. The van der Waals surface area contributed by atoms with Gasteiger partial charge < -0.3 is 5.73 Å². The average Bonchev–Trinajstić information content (AvgIpc) is 2.65. The van der Waals surface area contributed by atoms with Crippen LogP contribution in [-0.2, 0) is 25.4 Å². The lowest BCUT2D eigenvalue weighted by atomic mass is 9.88. The molecule has 1 unspecified atom stereocenters. The quantitative estimate of drug-likeness (QED) is 0.910. The fraction of sp³-hybridized carbons (Fsp3) is 0.400. The minimum absolute atomic E-state index is 0.417. The van der Waals surface area contributed by atoms with Crippen LogP contribution < -0.4 is 5.73 Å². The van der Waals surface area contributed by atoms with Gasteiger partial charge in [-0.3, -0.25) is 4.68 Å². The van der Waals surface area contributed by atoms with Gasteiger partial charge in [0.2, 0.25) is 0 Å². The second-order valence-corrected chi connectivity index (χ2v) is 6.23. The third kappa shape index (κ3) is 3.32. The Labute approximate surface area is 131 Å². The van der Waals surface area contributed by atoms with Crippen LogP contribution in [0.25, 0.3) is 0 Å². The van der Waals surface area contributed by atoms with Gasteiger partial charge in [-0.05, 0) is 47.0 Å². The van der Waals surface area contributed by atoms with E-state index in [9.17, 15) is 8.78 Å². The van der Waals surface area contributed by atoms with Gasteiger partial charge in [-0.1, -0.05) is 6.92 Å². The molecule has 0 saturated carbocycles. The summed E-state index contributed by atoms with van der Waals surface area (Å²) in [4.78, 5) is 0. The highest BCUT2D eigenvalue weighted by Gasteiger charge is 2.27. The van der Waals surface area contributed by atoms with Gasteiger partial charge in [-0.25, -0.2) is 8.78 Å². The van der Waals surface area contributed by atoms with Crippen molar-refractivity contribution in [2.24, 2.45) is 12.8 Å². The molecule has 2 N–H and O–H groups in total. The van der Waals surface area contributed by atoms with Crippen molar-refractivity contribution in [1.29, 1.82) is 0 Å². The second-order valence-electron chi connectivity index (χ2n) is 5.44. The molecule has 1 aromatic carbocycles. The molecule has 6 heteroatoms. The van der Waals surface area contributed by atoms with E-state index >= 15 is 0 Å². The maximum Gasteiger partial charge on any atom is 0.126 e. The fourth-order valence-corrected chi connectivity index (χ4v) is 3.10. The van der Waals surface area contributed by atoms with Gasteiger partial charge in [0.05, 0.1) is 15.9 Å². The zero-order chi connectivity index (χ0) is 15.8. The largest absolute Gasteiger partial charge is 0.321 e.